The average molecular weight is 319 g/mol. The van der Waals surface area contributed by atoms with E-state index in [0.29, 0.717) is 13.0 Å². The Labute approximate surface area is 137 Å². The summed E-state index contributed by atoms with van der Waals surface area (Å²) in [6, 6.07) is 5.75. The lowest BCUT2D eigenvalue weighted by Gasteiger charge is -2.33. The fraction of sp³-hybridized carbons (Fsp3) is 0.556. The molecule has 1 amide bonds. The van der Waals surface area contributed by atoms with Crippen molar-refractivity contribution < 1.29 is 19.1 Å². The van der Waals surface area contributed by atoms with E-state index in [-0.39, 0.29) is 18.2 Å². The SMILES string of the molecule is COc1ccc(C2CCN(C(=O)OC(C)(C)C)CC2=O)c(C)c1. The maximum absolute atomic E-state index is 12.5. The lowest BCUT2D eigenvalue weighted by molar-refractivity contribution is -0.123. The van der Waals surface area contributed by atoms with Crippen LogP contribution in [0.15, 0.2) is 18.2 Å². The van der Waals surface area contributed by atoms with Gasteiger partial charge in [0.25, 0.3) is 0 Å². The first kappa shape index (κ1) is 17.3. The van der Waals surface area contributed by atoms with Crippen molar-refractivity contribution in [3.8, 4) is 5.75 Å². The molecule has 0 saturated carbocycles. The monoisotopic (exact) mass is 319 g/mol. The number of carbonyl (C=O) groups excluding carboxylic acids is 2. The quantitative estimate of drug-likeness (QED) is 0.839. The molecule has 23 heavy (non-hydrogen) atoms. The van der Waals surface area contributed by atoms with Gasteiger partial charge in [-0.05, 0) is 57.4 Å². The van der Waals surface area contributed by atoms with Crippen molar-refractivity contribution in [3.63, 3.8) is 0 Å². The molecule has 0 radical (unpaired) electrons. The zero-order valence-corrected chi connectivity index (χ0v) is 14.5. The van der Waals surface area contributed by atoms with Gasteiger partial charge in [-0.1, -0.05) is 6.07 Å². The molecule has 0 aromatic heterocycles. The summed E-state index contributed by atoms with van der Waals surface area (Å²) in [5.41, 5.74) is 1.50. The highest BCUT2D eigenvalue weighted by atomic mass is 16.6. The molecule has 1 unspecified atom stereocenters. The number of Topliss-reactive ketones (excluding diaryl/α,β-unsaturated/α-hetero) is 1. The standard InChI is InChI=1S/C18H25NO4/c1-12-10-13(22-5)6-7-14(12)15-8-9-19(11-16(15)20)17(21)23-18(2,3)4/h6-7,10,15H,8-9,11H2,1-5H3. The number of carbonyl (C=O) groups is 2. The van der Waals surface area contributed by atoms with E-state index >= 15 is 0 Å². The van der Waals surface area contributed by atoms with Crippen LogP contribution in [0.25, 0.3) is 0 Å². The smallest absolute Gasteiger partial charge is 0.410 e. The number of ether oxygens (including phenoxy) is 2. The van der Waals surface area contributed by atoms with Gasteiger partial charge in [-0.2, -0.15) is 0 Å². The highest BCUT2D eigenvalue weighted by Gasteiger charge is 2.33. The number of nitrogens with zero attached hydrogens (tertiary/aromatic N) is 1. The summed E-state index contributed by atoms with van der Waals surface area (Å²) in [6.07, 6.45) is 0.196. The van der Waals surface area contributed by atoms with Crippen LogP contribution in [0.2, 0.25) is 0 Å². The van der Waals surface area contributed by atoms with Crippen molar-refractivity contribution in [2.75, 3.05) is 20.2 Å². The lowest BCUT2D eigenvalue weighted by Crippen LogP contribution is -2.45. The Morgan fingerprint density at radius 2 is 2.00 bits per heavy atom. The molecule has 1 aromatic rings. The van der Waals surface area contributed by atoms with Gasteiger partial charge in [0.2, 0.25) is 0 Å². The first-order valence-corrected chi connectivity index (χ1v) is 7.86. The minimum atomic E-state index is -0.552. The molecule has 1 aliphatic rings. The first-order valence-electron chi connectivity index (χ1n) is 7.86. The van der Waals surface area contributed by atoms with Gasteiger partial charge < -0.3 is 14.4 Å². The van der Waals surface area contributed by atoms with E-state index < -0.39 is 11.7 Å². The summed E-state index contributed by atoms with van der Waals surface area (Å²) in [4.78, 5) is 26.1. The summed E-state index contributed by atoms with van der Waals surface area (Å²) in [5.74, 6) is 0.667. The van der Waals surface area contributed by atoms with Crippen LogP contribution in [0, 0.1) is 6.92 Å². The third-order valence-electron chi connectivity index (χ3n) is 3.93. The molecule has 1 heterocycles. The third-order valence-corrected chi connectivity index (χ3v) is 3.93. The van der Waals surface area contributed by atoms with E-state index in [9.17, 15) is 9.59 Å². The number of methoxy groups -OCH3 is 1. The second-order valence-electron chi connectivity index (χ2n) is 6.93. The summed E-state index contributed by atoms with van der Waals surface area (Å²) < 4.78 is 10.5. The van der Waals surface area contributed by atoms with Crippen molar-refractivity contribution in [2.45, 2.75) is 45.6 Å². The maximum Gasteiger partial charge on any atom is 0.410 e. The fourth-order valence-electron chi connectivity index (χ4n) is 2.80. The van der Waals surface area contributed by atoms with E-state index in [2.05, 4.69) is 0 Å². The van der Waals surface area contributed by atoms with Crippen LogP contribution in [0.3, 0.4) is 0 Å². The van der Waals surface area contributed by atoms with E-state index in [1.54, 1.807) is 7.11 Å². The molecule has 5 heteroatoms. The fourth-order valence-corrected chi connectivity index (χ4v) is 2.80. The summed E-state index contributed by atoms with van der Waals surface area (Å²) in [7, 11) is 1.62. The molecule has 0 aliphatic carbocycles. The van der Waals surface area contributed by atoms with Crippen LogP contribution in [-0.2, 0) is 9.53 Å². The number of piperidine rings is 1. The van der Waals surface area contributed by atoms with Gasteiger partial charge in [-0.3, -0.25) is 4.79 Å². The van der Waals surface area contributed by atoms with Gasteiger partial charge >= 0.3 is 6.09 Å². The number of hydrogen-bond donors (Lipinski definition) is 0. The van der Waals surface area contributed by atoms with Gasteiger partial charge in [-0.25, -0.2) is 4.79 Å². The van der Waals surface area contributed by atoms with Gasteiger partial charge in [0, 0.05) is 12.5 Å². The molecular formula is C18H25NO4. The second kappa shape index (κ2) is 6.60. The van der Waals surface area contributed by atoms with Crippen LogP contribution in [0.5, 0.6) is 5.75 Å². The van der Waals surface area contributed by atoms with E-state index in [1.807, 2.05) is 45.9 Å². The number of ketones is 1. The molecule has 0 N–H and O–H groups in total. The number of rotatable bonds is 2. The molecule has 5 nitrogen and oxygen atoms in total. The molecule has 1 aromatic carbocycles. The Bertz CT molecular complexity index is 604. The normalized spacial score (nSPS) is 18.7. The van der Waals surface area contributed by atoms with E-state index in [0.717, 1.165) is 16.9 Å². The zero-order chi connectivity index (χ0) is 17.2. The maximum atomic E-state index is 12.5. The van der Waals surface area contributed by atoms with Gasteiger partial charge in [-0.15, -0.1) is 0 Å². The van der Waals surface area contributed by atoms with Crippen LogP contribution >= 0.6 is 0 Å². The van der Waals surface area contributed by atoms with Crippen molar-refractivity contribution in [3.05, 3.63) is 29.3 Å². The molecule has 1 fully saturated rings. The van der Waals surface area contributed by atoms with Gasteiger partial charge in [0.05, 0.1) is 13.7 Å². The topological polar surface area (TPSA) is 55.8 Å². The Balaban J connectivity index is 2.07. The summed E-state index contributed by atoms with van der Waals surface area (Å²) >= 11 is 0. The number of amides is 1. The Morgan fingerprint density at radius 3 is 2.52 bits per heavy atom. The minimum absolute atomic E-state index is 0.0513. The third kappa shape index (κ3) is 4.24. The van der Waals surface area contributed by atoms with Crippen LogP contribution in [-0.4, -0.2) is 42.6 Å². The minimum Gasteiger partial charge on any atom is -0.497 e. The van der Waals surface area contributed by atoms with E-state index in [4.69, 9.17) is 9.47 Å². The van der Waals surface area contributed by atoms with Crippen LogP contribution in [0.4, 0.5) is 4.79 Å². The predicted molar refractivity (Wildman–Crippen MR) is 87.9 cm³/mol. The Kier molecular flexibility index (Phi) is 4.97. The van der Waals surface area contributed by atoms with Crippen LogP contribution in [0.1, 0.15) is 44.2 Å². The molecule has 1 saturated heterocycles. The van der Waals surface area contributed by atoms with Crippen molar-refractivity contribution in [2.24, 2.45) is 0 Å². The van der Waals surface area contributed by atoms with Crippen molar-refractivity contribution in [1.82, 2.24) is 4.90 Å². The molecule has 2 rings (SSSR count). The van der Waals surface area contributed by atoms with Crippen molar-refractivity contribution >= 4 is 11.9 Å². The van der Waals surface area contributed by atoms with Crippen molar-refractivity contribution in [1.29, 1.82) is 0 Å². The molecule has 1 aliphatic heterocycles. The Morgan fingerprint density at radius 1 is 1.30 bits per heavy atom. The predicted octanol–water partition coefficient (Wildman–Crippen LogP) is 3.30. The molecular weight excluding hydrogens is 294 g/mol. The van der Waals surface area contributed by atoms with Crippen LogP contribution < -0.4 is 4.74 Å². The second-order valence-corrected chi connectivity index (χ2v) is 6.93. The summed E-state index contributed by atoms with van der Waals surface area (Å²) in [6.45, 7) is 8.06. The number of benzene rings is 1. The molecule has 1 atom stereocenters. The largest absolute Gasteiger partial charge is 0.497 e. The number of aryl methyl sites for hydroxylation is 1. The lowest BCUT2D eigenvalue weighted by atomic mass is 9.86. The van der Waals surface area contributed by atoms with E-state index in [1.165, 1.54) is 4.90 Å². The average Bonchev–Trinajstić information content (AvgIpc) is 2.45. The Hall–Kier alpha value is -2.04. The first-order chi connectivity index (χ1) is 10.7. The molecule has 0 spiro atoms. The number of likely N-dealkylation sites (tertiary alicyclic amines) is 1. The number of hydrogen-bond acceptors (Lipinski definition) is 4. The molecule has 0 bridgehead atoms. The molecule has 126 valence electrons. The van der Waals surface area contributed by atoms with Gasteiger partial charge in [0.15, 0.2) is 5.78 Å². The highest BCUT2D eigenvalue weighted by Crippen LogP contribution is 2.30. The highest BCUT2D eigenvalue weighted by molar-refractivity contribution is 5.91. The zero-order valence-electron chi connectivity index (χ0n) is 14.5. The van der Waals surface area contributed by atoms with Gasteiger partial charge in [0.1, 0.15) is 11.4 Å². The summed E-state index contributed by atoms with van der Waals surface area (Å²) in [5, 5.41) is 0.